The third-order valence-corrected chi connectivity index (χ3v) is 12.6. The van der Waals surface area contributed by atoms with E-state index in [1.165, 1.54) is 14.2 Å². The van der Waals surface area contributed by atoms with E-state index >= 15 is 0 Å². The van der Waals surface area contributed by atoms with Gasteiger partial charge in [-0.3, -0.25) is 14.5 Å². The van der Waals surface area contributed by atoms with E-state index in [-0.39, 0.29) is 36.0 Å². The maximum Gasteiger partial charge on any atom is 0.407 e. The van der Waals surface area contributed by atoms with Crippen molar-refractivity contribution in [2.45, 2.75) is 103 Å². The molecule has 2 aliphatic carbocycles. The van der Waals surface area contributed by atoms with Crippen molar-refractivity contribution < 1.29 is 29.0 Å². The van der Waals surface area contributed by atoms with Gasteiger partial charge in [-0.05, 0) is 70.6 Å². The molecule has 4 aliphatic rings. The van der Waals surface area contributed by atoms with E-state index in [9.17, 15) is 24.3 Å². The minimum atomic E-state index is -1.12. The number of likely N-dealkylation sites (tertiary alicyclic amines) is 2. The van der Waals surface area contributed by atoms with E-state index in [2.05, 4.69) is 63.8 Å². The van der Waals surface area contributed by atoms with Crippen molar-refractivity contribution in [3.8, 4) is 33.6 Å². The molecule has 2 saturated carbocycles. The van der Waals surface area contributed by atoms with Crippen LogP contribution in [0.2, 0.25) is 0 Å². The number of carbonyl (C=O) groups excluding carboxylic acids is 3. The molecule has 0 radical (unpaired) electrons. The van der Waals surface area contributed by atoms with Gasteiger partial charge in [-0.25, -0.2) is 19.6 Å². The van der Waals surface area contributed by atoms with Crippen molar-refractivity contribution in [3.63, 3.8) is 0 Å². The Labute approximate surface area is 338 Å². The molecular weight excluding hydrogens is 737 g/mol. The Morgan fingerprint density at radius 2 is 1.16 bits per heavy atom. The second-order valence-electron chi connectivity index (χ2n) is 18.7. The molecule has 2 saturated heterocycles. The highest BCUT2D eigenvalue weighted by atomic mass is 16.5. The van der Waals surface area contributed by atoms with Gasteiger partial charge in [0, 0.05) is 19.1 Å². The number of alkyl carbamates (subject to hydrolysis) is 1. The Morgan fingerprint density at radius 3 is 1.55 bits per heavy atom. The normalized spacial score (nSPS) is 24.4. The number of methoxy groups -OCH3 is 1. The lowest BCUT2D eigenvalue weighted by Gasteiger charge is -2.39. The molecule has 14 nitrogen and oxygen atoms in total. The quantitative estimate of drug-likeness (QED) is 0.137. The number of ether oxygens (including phenoxy) is 1. The number of likely N-dealkylation sites (N-methyl/N-ethyl adjacent to an activating group) is 1. The van der Waals surface area contributed by atoms with Crippen LogP contribution in [-0.4, -0.2) is 102 Å². The first kappa shape index (κ1) is 39.2. The van der Waals surface area contributed by atoms with Gasteiger partial charge in [0.15, 0.2) is 0 Å². The maximum absolute atomic E-state index is 14.0. The summed E-state index contributed by atoms with van der Waals surface area (Å²) in [4.78, 5) is 73.6. The Hall–Kier alpha value is -5.66. The summed E-state index contributed by atoms with van der Waals surface area (Å²) < 4.78 is 4.84. The number of benzene rings is 2. The first-order valence-corrected chi connectivity index (χ1v) is 20.2. The number of imidazole rings is 2. The van der Waals surface area contributed by atoms with Crippen molar-refractivity contribution in [3.05, 3.63) is 72.6 Å². The number of carbonyl (C=O) groups is 4. The molecule has 58 heavy (non-hydrogen) atoms. The SMILES string of the molecule is COC(=O)N[C@H](C(=O)N1[C@H](c2ncc(-c3ccc(-c4ccc(-c5cnc([C@@H]6C[C@@H]7C[C@@H]7N6C(=O)[C@@H](N(C)C(=O)O)C(C)(C)C)[nH]5)cc4)cc3)[nH]2)C[C@H]2C[C@@H]21)C(C)(C)C. The number of fused-ring (bicyclic) bond motifs is 2. The molecular formula is C44H54N8O6. The summed E-state index contributed by atoms with van der Waals surface area (Å²) in [6.45, 7) is 11.5. The molecule has 4 fully saturated rings. The first-order valence-electron chi connectivity index (χ1n) is 20.2. The molecule has 306 valence electrons. The summed E-state index contributed by atoms with van der Waals surface area (Å²) in [5, 5.41) is 12.5. The first-order chi connectivity index (χ1) is 27.4. The number of nitrogens with one attached hydrogen (secondary N) is 3. The van der Waals surface area contributed by atoms with Crippen LogP contribution >= 0.6 is 0 Å². The van der Waals surface area contributed by atoms with E-state index in [4.69, 9.17) is 14.7 Å². The number of hydrogen-bond donors (Lipinski definition) is 4. The van der Waals surface area contributed by atoms with Crippen LogP contribution in [0.15, 0.2) is 60.9 Å². The predicted octanol–water partition coefficient (Wildman–Crippen LogP) is 7.25. The van der Waals surface area contributed by atoms with E-state index < -0.39 is 35.1 Å². The molecule has 14 heteroatoms. The summed E-state index contributed by atoms with van der Waals surface area (Å²) in [7, 11) is 2.77. The van der Waals surface area contributed by atoms with Crippen molar-refractivity contribution in [1.82, 2.24) is 40.0 Å². The van der Waals surface area contributed by atoms with E-state index in [0.717, 1.165) is 75.9 Å². The smallest absolute Gasteiger partial charge is 0.407 e. The molecule has 2 aromatic carbocycles. The number of piperidine rings is 2. The van der Waals surface area contributed by atoms with Crippen molar-refractivity contribution >= 4 is 24.0 Å². The molecule has 8 rings (SSSR count). The van der Waals surface area contributed by atoms with Crippen LogP contribution in [0.4, 0.5) is 9.59 Å². The number of H-pyrrole nitrogens is 2. The van der Waals surface area contributed by atoms with Gasteiger partial charge < -0.3 is 34.9 Å². The zero-order valence-corrected chi connectivity index (χ0v) is 34.4. The van der Waals surface area contributed by atoms with E-state index in [1.807, 2.05) is 57.5 Å². The lowest BCUT2D eigenvalue weighted by atomic mass is 9.84. The molecule has 2 aromatic heterocycles. The highest BCUT2D eigenvalue weighted by Crippen LogP contribution is 2.55. The number of amides is 4. The van der Waals surface area contributed by atoms with Crippen LogP contribution in [0.25, 0.3) is 33.6 Å². The molecule has 0 spiro atoms. The summed E-state index contributed by atoms with van der Waals surface area (Å²) >= 11 is 0. The number of hydrogen-bond acceptors (Lipinski definition) is 7. The Bertz CT molecular complexity index is 2220. The van der Waals surface area contributed by atoms with Crippen LogP contribution < -0.4 is 5.32 Å². The number of aromatic nitrogens is 4. The monoisotopic (exact) mass is 790 g/mol. The van der Waals surface area contributed by atoms with Crippen molar-refractivity contribution in [1.29, 1.82) is 0 Å². The standard InChI is InChI=1S/C44H54N8O6/c1-43(2,3)35(49-41(55)58-8)39(53)51-31-17-27(31)19-33(51)37-45-21-29(47-37)25-13-9-23(10-14-25)24-11-15-26(16-12-24)30-22-46-38(48-30)34-20-28-18-32(28)52(34)40(54)36(44(4,5)6)50(7)42(56)57/h9-16,21-22,27-28,31-36H,17-20H2,1-8H3,(H,45,47)(H,46,48)(H,49,55)(H,56,57)/t27-,28+,31+,32+,33+,34+,35-,36-/m1/s1. The van der Waals surface area contributed by atoms with Crippen LogP contribution in [0.5, 0.6) is 0 Å². The van der Waals surface area contributed by atoms with Gasteiger partial charge in [-0.1, -0.05) is 90.1 Å². The van der Waals surface area contributed by atoms with Gasteiger partial charge in [0.05, 0.1) is 43.0 Å². The second-order valence-corrected chi connectivity index (χ2v) is 18.7. The highest BCUT2D eigenvalue weighted by molar-refractivity contribution is 5.88. The molecule has 2 aliphatic heterocycles. The highest BCUT2D eigenvalue weighted by Gasteiger charge is 2.58. The average Bonchev–Trinajstić information content (AvgIpc) is 3.77. The van der Waals surface area contributed by atoms with Gasteiger partial charge >= 0.3 is 12.2 Å². The molecule has 0 unspecified atom stereocenters. The fourth-order valence-corrected chi connectivity index (χ4v) is 9.37. The Morgan fingerprint density at radius 1 is 0.724 bits per heavy atom. The summed E-state index contributed by atoms with van der Waals surface area (Å²) in [5.74, 6) is 2.01. The molecule has 8 atom stereocenters. The second kappa shape index (κ2) is 14.3. The van der Waals surface area contributed by atoms with Crippen molar-refractivity contribution in [2.75, 3.05) is 14.2 Å². The maximum atomic E-state index is 14.0. The molecule has 4 heterocycles. The Kier molecular flexibility index (Phi) is 9.67. The van der Waals surface area contributed by atoms with E-state index in [0.29, 0.717) is 11.8 Å². The van der Waals surface area contributed by atoms with Gasteiger partial charge in [0.2, 0.25) is 11.8 Å². The lowest BCUT2D eigenvalue weighted by Crippen LogP contribution is -2.55. The number of rotatable bonds is 9. The number of carboxylic acid groups (broad SMARTS) is 1. The molecule has 4 aromatic rings. The van der Waals surface area contributed by atoms with Gasteiger partial charge in [-0.15, -0.1) is 0 Å². The molecule has 0 bridgehead atoms. The number of nitrogens with zero attached hydrogens (tertiary/aromatic N) is 5. The third-order valence-electron chi connectivity index (χ3n) is 12.6. The lowest BCUT2D eigenvalue weighted by molar-refractivity contribution is -0.142. The van der Waals surface area contributed by atoms with Gasteiger partial charge in [0.25, 0.3) is 0 Å². The van der Waals surface area contributed by atoms with Crippen LogP contribution in [0, 0.1) is 22.7 Å². The topological polar surface area (TPSA) is 177 Å². The minimum Gasteiger partial charge on any atom is -0.465 e. The zero-order chi connectivity index (χ0) is 41.4. The van der Waals surface area contributed by atoms with Crippen LogP contribution in [-0.2, 0) is 14.3 Å². The summed E-state index contributed by atoms with van der Waals surface area (Å²) in [6, 6.07) is 14.8. The van der Waals surface area contributed by atoms with E-state index in [1.54, 1.807) is 6.20 Å². The predicted molar refractivity (Wildman–Crippen MR) is 217 cm³/mol. The minimum absolute atomic E-state index is 0.113. The van der Waals surface area contributed by atoms with Gasteiger partial charge in [0.1, 0.15) is 23.7 Å². The zero-order valence-electron chi connectivity index (χ0n) is 34.4. The third kappa shape index (κ3) is 7.21. The number of aromatic amines is 2. The van der Waals surface area contributed by atoms with Crippen LogP contribution in [0.3, 0.4) is 0 Å². The molecule has 4 amide bonds. The fraction of sp³-hybridized carbons (Fsp3) is 0.500. The van der Waals surface area contributed by atoms with Crippen LogP contribution in [0.1, 0.15) is 91.0 Å². The summed E-state index contributed by atoms with van der Waals surface area (Å²) in [6.07, 6.45) is 5.42. The average molecular weight is 791 g/mol. The Balaban J connectivity index is 0.943. The fourth-order valence-electron chi connectivity index (χ4n) is 9.37. The summed E-state index contributed by atoms with van der Waals surface area (Å²) in [5.41, 5.74) is 4.68. The molecule has 4 N–H and O–H groups in total. The van der Waals surface area contributed by atoms with Gasteiger partial charge in [-0.2, -0.15) is 0 Å². The van der Waals surface area contributed by atoms with Crippen molar-refractivity contribution in [2.24, 2.45) is 22.7 Å². The largest absolute Gasteiger partial charge is 0.465 e.